The van der Waals surface area contributed by atoms with Gasteiger partial charge in [-0.25, -0.2) is 4.79 Å². The number of hydrogen-bond donors (Lipinski definition) is 2. The molecule has 0 aliphatic heterocycles. The highest BCUT2D eigenvalue weighted by molar-refractivity contribution is 5.74. The highest BCUT2D eigenvalue weighted by Crippen LogP contribution is 2.23. The summed E-state index contributed by atoms with van der Waals surface area (Å²) in [5.74, 6) is 0. The summed E-state index contributed by atoms with van der Waals surface area (Å²) in [6.07, 6.45) is 0. The second kappa shape index (κ2) is 7.41. The third kappa shape index (κ3) is 5.52. The molecular formula is C16H25N3O4. The number of amides is 2. The maximum atomic E-state index is 12.3. The van der Waals surface area contributed by atoms with E-state index in [9.17, 15) is 20.0 Å². The molecule has 0 heterocycles. The van der Waals surface area contributed by atoms with Crippen LogP contribution in [0.2, 0.25) is 0 Å². The SMILES string of the molecule is CCN(CC(C)(C)O)C(=O)NC(C)c1ccc(C)c([N+](=O)[O-])c1. The highest BCUT2D eigenvalue weighted by Gasteiger charge is 2.23. The van der Waals surface area contributed by atoms with Crippen LogP contribution in [-0.4, -0.2) is 39.7 Å². The number of likely N-dealkylation sites (N-methyl/N-ethyl adjacent to an activating group) is 1. The first-order chi connectivity index (χ1) is 10.5. The summed E-state index contributed by atoms with van der Waals surface area (Å²) in [4.78, 5) is 24.4. The van der Waals surface area contributed by atoms with Gasteiger partial charge in [-0.1, -0.05) is 12.1 Å². The van der Waals surface area contributed by atoms with Crippen molar-refractivity contribution < 1.29 is 14.8 Å². The molecule has 0 bridgehead atoms. The zero-order chi connectivity index (χ0) is 17.8. The number of benzene rings is 1. The van der Waals surface area contributed by atoms with E-state index in [1.807, 2.05) is 6.92 Å². The standard InChI is InChI=1S/C16H25N3O4/c1-6-18(10-16(4,5)21)15(20)17-12(3)13-8-7-11(2)14(9-13)19(22)23/h7-9,12,21H,6,10H2,1-5H3,(H,17,20). The summed E-state index contributed by atoms with van der Waals surface area (Å²) in [7, 11) is 0. The van der Waals surface area contributed by atoms with Crippen molar-refractivity contribution in [1.29, 1.82) is 0 Å². The van der Waals surface area contributed by atoms with Gasteiger partial charge in [0.1, 0.15) is 0 Å². The molecule has 1 rings (SSSR count). The maximum Gasteiger partial charge on any atom is 0.317 e. The fraction of sp³-hybridized carbons (Fsp3) is 0.562. The number of rotatable bonds is 6. The van der Waals surface area contributed by atoms with E-state index in [0.717, 1.165) is 0 Å². The van der Waals surface area contributed by atoms with Gasteiger partial charge in [-0.2, -0.15) is 0 Å². The summed E-state index contributed by atoms with van der Waals surface area (Å²) in [6.45, 7) is 9.20. The predicted octanol–water partition coefficient (Wildman–Crippen LogP) is 2.77. The van der Waals surface area contributed by atoms with Crippen LogP contribution in [-0.2, 0) is 0 Å². The van der Waals surface area contributed by atoms with Crippen molar-refractivity contribution in [2.75, 3.05) is 13.1 Å². The second-order valence-electron chi connectivity index (χ2n) is 6.30. The van der Waals surface area contributed by atoms with Crippen LogP contribution in [0.4, 0.5) is 10.5 Å². The molecule has 0 fully saturated rings. The molecule has 23 heavy (non-hydrogen) atoms. The van der Waals surface area contributed by atoms with E-state index in [1.165, 1.54) is 11.0 Å². The monoisotopic (exact) mass is 323 g/mol. The number of nitrogens with zero attached hydrogens (tertiary/aromatic N) is 2. The number of nitro groups is 1. The molecule has 1 aromatic rings. The second-order valence-corrected chi connectivity index (χ2v) is 6.30. The van der Waals surface area contributed by atoms with E-state index in [0.29, 0.717) is 17.7 Å². The van der Waals surface area contributed by atoms with Crippen LogP contribution in [0.15, 0.2) is 18.2 Å². The van der Waals surface area contributed by atoms with E-state index in [1.54, 1.807) is 39.8 Å². The average Bonchev–Trinajstić information content (AvgIpc) is 2.43. The lowest BCUT2D eigenvalue weighted by Gasteiger charge is -2.29. The number of carbonyl (C=O) groups excluding carboxylic acids is 1. The lowest BCUT2D eigenvalue weighted by Crippen LogP contribution is -2.47. The van der Waals surface area contributed by atoms with Crippen molar-refractivity contribution in [3.63, 3.8) is 0 Å². The summed E-state index contributed by atoms with van der Waals surface area (Å²) in [5.41, 5.74) is 0.288. The minimum atomic E-state index is -0.987. The van der Waals surface area contributed by atoms with Gasteiger partial charge >= 0.3 is 6.03 Å². The smallest absolute Gasteiger partial charge is 0.317 e. The van der Waals surface area contributed by atoms with Gasteiger partial charge in [0.15, 0.2) is 0 Å². The first kappa shape index (κ1) is 18.9. The Hall–Kier alpha value is -2.15. The van der Waals surface area contributed by atoms with Crippen LogP contribution in [0.5, 0.6) is 0 Å². The number of aryl methyl sites for hydroxylation is 1. The molecule has 0 saturated heterocycles. The predicted molar refractivity (Wildman–Crippen MR) is 88.3 cm³/mol. The number of aliphatic hydroxyl groups is 1. The van der Waals surface area contributed by atoms with E-state index in [2.05, 4.69) is 5.32 Å². The van der Waals surface area contributed by atoms with Gasteiger partial charge in [-0.3, -0.25) is 10.1 Å². The Kier molecular flexibility index (Phi) is 6.09. The highest BCUT2D eigenvalue weighted by atomic mass is 16.6. The molecule has 0 aromatic heterocycles. The molecule has 0 radical (unpaired) electrons. The molecule has 0 spiro atoms. The fourth-order valence-electron chi connectivity index (χ4n) is 2.25. The van der Waals surface area contributed by atoms with Crippen LogP contribution in [0.25, 0.3) is 0 Å². The molecule has 2 amide bonds. The van der Waals surface area contributed by atoms with E-state index < -0.39 is 10.5 Å². The van der Waals surface area contributed by atoms with Crippen LogP contribution < -0.4 is 5.32 Å². The van der Waals surface area contributed by atoms with Crippen LogP contribution >= 0.6 is 0 Å². The number of nitro benzene ring substituents is 1. The van der Waals surface area contributed by atoms with Gasteiger partial charge in [0, 0.05) is 18.2 Å². The van der Waals surface area contributed by atoms with Crippen LogP contribution in [0.3, 0.4) is 0 Å². The van der Waals surface area contributed by atoms with Gasteiger partial charge in [0.25, 0.3) is 5.69 Å². The van der Waals surface area contributed by atoms with Gasteiger partial charge in [-0.05, 0) is 40.2 Å². The molecule has 7 nitrogen and oxygen atoms in total. The molecule has 128 valence electrons. The van der Waals surface area contributed by atoms with Crippen molar-refractivity contribution in [3.05, 3.63) is 39.4 Å². The minimum absolute atomic E-state index is 0.0347. The number of hydrogen-bond acceptors (Lipinski definition) is 4. The van der Waals surface area contributed by atoms with Crippen molar-refractivity contribution in [1.82, 2.24) is 10.2 Å². The van der Waals surface area contributed by atoms with Crippen molar-refractivity contribution in [2.24, 2.45) is 0 Å². The van der Waals surface area contributed by atoms with E-state index in [4.69, 9.17) is 0 Å². The van der Waals surface area contributed by atoms with Crippen molar-refractivity contribution >= 4 is 11.7 Å². The lowest BCUT2D eigenvalue weighted by atomic mass is 10.0. The van der Waals surface area contributed by atoms with Gasteiger partial charge in [-0.15, -0.1) is 0 Å². The van der Waals surface area contributed by atoms with Gasteiger partial charge in [0.2, 0.25) is 0 Å². The Morgan fingerprint density at radius 3 is 2.57 bits per heavy atom. The van der Waals surface area contributed by atoms with Crippen LogP contribution in [0.1, 0.15) is 44.9 Å². The zero-order valence-electron chi connectivity index (χ0n) is 14.3. The number of urea groups is 1. The third-order valence-electron chi connectivity index (χ3n) is 3.52. The molecule has 0 aliphatic carbocycles. The Morgan fingerprint density at radius 1 is 1.48 bits per heavy atom. The molecule has 0 saturated carbocycles. The Morgan fingerprint density at radius 2 is 2.09 bits per heavy atom. The number of carbonyl (C=O) groups is 1. The molecule has 1 aromatic carbocycles. The average molecular weight is 323 g/mol. The molecule has 1 unspecified atom stereocenters. The Bertz CT molecular complexity index is 581. The molecular weight excluding hydrogens is 298 g/mol. The van der Waals surface area contributed by atoms with E-state index in [-0.39, 0.29) is 24.3 Å². The zero-order valence-corrected chi connectivity index (χ0v) is 14.3. The fourth-order valence-corrected chi connectivity index (χ4v) is 2.25. The largest absolute Gasteiger partial charge is 0.389 e. The van der Waals surface area contributed by atoms with Crippen molar-refractivity contribution in [3.8, 4) is 0 Å². The van der Waals surface area contributed by atoms with Gasteiger partial charge in [0.05, 0.1) is 23.1 Å². The van der Waals surface area contributed by atoms with Crippen LogP contribution in [0, 0.1) is 17.0 Å². The maximum absolute atomic E-state index is 12.3. The molecule has 0 aliphatic rings. The lowest BCUT2D eigenvalue weighted by molar-refractivity contribution is -0.385. The molecule has 7 heteroatoms. The third-order valence-corrected chi connectivity index (χ3v) is 3.52. The summed E-state index contributed by atoms with van der Waals surface area (Å²) < 4.78 is 0. The summed E-state index contributed by atoms with van der Waals surface area (Å²) in [6, 6.07) is 4.22. The Balaban J connectivity index is 2.86. The first-order valence-corrected chi connectivity index (χ1v) is 7.58. The minimum Gasteiger partial charge on any atom is -0.389 e. The topological polar surface area (TPSA) is 95.7 Å². The quantitative estimate of drug-likeness (QED) is 0.621. The van der Waals surface area contributed by atoms with Crippen molar-refractivity contribution in [2.45, 2.75) is 46.3 Å². The molecule has 1 atom stereocenters. The first-order valence-electron chi connectivity index (χ1n) is 7.58. The molecule has 2 N–H and O–H groups in total. The summed E-state index contributed by atoms with van der Waals surface area (Å²) >= 11 is 0. The number of nitrogens with one attached hydrogen (secondary N) is 1. The normalized spacial score (nSPS) is 12.6. The Labute approximate surface area is 136 Å². The van der Waals surface area contributed by atoms with Gasteiger partial charge < -0.3 is 15.3 Å². The summed E-state index contributed by atoms with van der Waals surface area (Å²) in [5, 5.41) is 23.7. The van der Waals surface area contributed by atoms with E-state index >= 15 is 0 Å².